The third-order valence-corrected chi connectivity index (χ3v) is 5.85. The molecular formula is C12H23ClN2O3S. The first-order valence-corrected chi connectivity index (χ1v) is 8.51. The number of carbonyl (C=O) groups excluding carboxylic acids is 1. The van der Waals surface area contributed by atoms with Crippen LogP contribution in [0.1, 0.15) is 32.6 Å². The van der Waals surface area contributed by atoms with Gasteiger partial charge in [0.05, 0.1) is 11.5 Å². The van der Waals surface area contributed by atoms with E-state index in [2.05, 4.69) is 0 Å². The molecule has 3 unspecified atom stereocenters. The second-order valence-corrected chi connectivity index (χ2v) is 7.68. The van der Waals surface area contributed by atoms with Gasteiger partial charge in [-0.25, -0.2) is 8.42 Å². The molecule has 1 saturated heterocycles. The molecule has 2 rings (SSSR count). The maximum absolute atomic E-state index is 12.4. The minimum Gasteiger partial charge on any atom is -0.339 e. The number of sulfone groups is 1. The number of nitrogens with zero attached hydrogens (tertiary/aromatic N) is 1. The van der Waals surface area contributed by atoms with E-state index in [1.807, 2.05) is 6.92 Å². The fraction of sp³-hybridized carbons (Fsp3) is 0.917. The normalized spacial score (nSPS) is 32.8. The van der Waals surface area contributed by atoms with E-state index in [1.54, 1.807) is 4.90 Å². The van der Waals surface area contributed by atoms with Crippen LogP contribution in [0.25, 0.3) is 0 Å². The van der Waals surface area contributed by atoms with Crippen molar-refractivity contribution in [3.8, 4) is 0 Å². The van der Waals surface area contributed by atoms with Crippen LogP contribution in [0.3, 0.4) is 0 Å². The fourth-order valence-electron chi connectivity index (χ4n) is 3.09. The topological polar surface area (TPSA) is 80.5 Å². The number of carbonyl (C=O) groups is 1. The van der Waals surface area contributed by atoms with E-state index in [0.29, 0.717) is 13.0 Å². The molecule has 1 saturated carbocycles. The monoisotopic (exact) mass is 310 g/mol. The smallest absolute Gasteiger partial charge is 0.226 e. The van der Waals surface area contributed by atoms with Crippen LogP contribution in [0.4, 0.5) is 0 Å². The quantitative estimate of drug-likeness (QED) is 0.826. The van der Waals surface area contributed by atoms with Gasteiger partial charge in [-0.1, -0.05) is 0 Å². The first-order chi connectivity index (χ1) is 8.43. The average Bonchev–Trinajstić information content (AvgIpc) is 2.86. The minimum absolute atomic E-state index is 0. The largest absolute Gasteiger partial charge is 0.339 e. The fourth-order valence-corrected chi connectivity index (χ4v) is 4.82. The Morgan fingerprint density at radius 3 is 2.42 bits per heavy atom. The molecule has 3 atom stereocenters. The summed E-state index contributed by atoms with van der Waals surface area (Å²) in [5.41, 5.74) is 5.83. The second kappa shape index (κ2) is 6.41. The van der Waals surface area contributed by atoms with Crippen molar-refractivity contribution in [1.29, 1.82) is 0 Å². The van der Waals surface area contributed by atoms with E-state index in [0.717, 1.165) is 19.3 Å². The molecule has 112 valence electrons. The van der Waals surface area contributed by atoms with E-state index in [4.69, 9.17) is 5.73 Å². The predicted molar refractivity (Wildman–Crippen MR) is 77.0 cm³/mol. The highest BCUT2D eigenvalue weighted by atomic mass is 35.5. The number of hydrogen-bond acceptors (Lipinski definition) is 4. The van der Waals surface area contributed by atoms with E-state index in [9.17, 15) is 13.2 Å². The summed E-state index contributed by atoms with van der Waals surface area (Å²) < 4.78 is 23.0. The Kier molecular flexibility index (Phi) is 5.65. The third-order valence-electron chi connectivity index (χ3n) is 4.10. The van der Waals surface area contributed by atoms with Crippen LogP contribution in [0.15, 0.2) is 0 Å². The van der Waals surface area contributed by atoms with Gasteiger partial charge in [0.2, 0.25) is 5.91 Å². The van der Waals surface area contributed by atoms with Crippen LogP contribution in [-0.4, -0.2) is 49.4 Å². The highest BCUT2D eigenvalue weighted by Gasteiger charge is 2.37. The summed E-state index contributed by atoms with van der Waals surface area (Å²) in [7, 11) is -2.94. The Bertz CT molecular complexity index is 427. The molecule has 1 amide bonds. The van der Waals surface area contributed by atoms with Gasteiger partial charge < -0.3 is 10.6 Å². The number of nitrogens with two attached hydrogens (primary N) is 1. The molecule has 1 heterocycles. The van der Waals surface area contributed by atoms with Crippen LogP contribution < -0.4 is 5.73 Å². The van der Waals surface area contributed by atoms with E-state index >= 15 is 0 Å². The number of hydrogen-bond donors (Lipinski definition) is 1. The Balaban J connectivity index is 0.00000180. The lowest BCUT2D eigenvalue weighted by molar-refractivity contribution is -0.137. The summed E-state index contributed by atoms with van der Waals surface area (Å²) in [6, 6.07) is 0.00860. The van der Waals surface area contributed by atoms with Crippen molar-refractivity contribution in [3.63, 3.8) is 0 Å². The van der Waals surface area contributed by atoms with Crippen LogP contribution in [0, 0.1) is 5.92 Å². The van der Waals surface area contributed by atoms with Gasteiger partial charge in [0.15, 0.2) is 9.84 Å². The number of rotatable bonds is 3. The molecule has 0 aromatic heterocycles. The molecule has 1 aliphatic carbocycles. The van der Waals surface area contributed by atoms with Gasteiger partial charge in [-0.15, -0.1) is 12.4 Å². The molecule has 19 heavy (non-hydrogen) atoms. The third kappa shape index (κ3) is 3.83. The van der Waals surface area contributed by atoms with Crippen molar-refractivity contribution in [2.75, 3.05) is 18.1 Å². The number of amides is 1. The lowest BCUT2D eigenvalue weighted by atomic mass is 10.0. The molecule has 0 aromatic rings. The maximum atomic E-state index is 12.4. The zero-order valence-corrected chi connectivity index (χ0v) is 12.9. The van der Waals surface area contributed by atoms with Crippen molar-refractivity contribution in [1.82, 2.24) is 4.90 Å². The highest BCUT2D eigenvalue weighted by molar-refractivity contribution is 7.91. The summed E-state index contributed by atoms with van der Waals surface area (Å²) in [5.74, 6) is 0.451. The van der Waals surface area contributed by atoms with Crippen molar-refractivity contribution in [2.24, 2.45) is 11.7 Å². The first-order valence-electron chi connectivity index (χ1n) is 6.69. The Labute approximate surface area is 121 Å². The van der Waals surface area contributed by atoms with Crippen LogP contribution in [-0.2, 0) is 14.6 Å². The zero-order valence-electron chi connectivity index (χ0n) is 11.2. The van der Waals surface area contributed by atoms with E-state index < -0.39 is 9.84 Å². The molecule has 1 aliphatic heterocycles. The first kappa shape index (κ1) is 16.7. The second-order valence-electron chi connectivity index (χ2n) is 5.45. The SMILES string of the molecule is CCN(C(=O)C1CCC(N)C1)C1CCS(=O)(=O)C1.Cl. The average molecular weight is 311 g/mol. The summed E-state index contributed by atoms with van der Waals surface area (Å²) in [5, 5.41) is 0. The maximum Gasteiger partial charge on any atom is 0.226 e. The lowest BCUT2D eigenvalue weighted by Crippen LogP contribution is -2.43. The Hall–Kier alpha value is -0.330. The van der Waals surface area contributed by atoms with Gasteiger partial charge in [-0.3, -0.25) is 4.79 Å². The van der Waals surface area contributed by atoms with E-state index in [1.165, 1.54) is 0 Å². The summed E-state index contributed by atoms with van der Waals surface area (Å²) in [6.45, 7) is 2.50. The Morgan fingerprint density at radius 2 is 2.00 bits per heavy atom. The molecule has 0 aromatic carbocycles. The molecule has 2 fully saturated rings. The van der Waals surface area contributed by atoms with Crippen molar-refractivity contribution in [3.05, 3.63) is 0 Å². The Morgan fingerprint density at radius 1 is 1.32 bits per heavy atom. The molecule has 0 bridgehead atoms. The van der Waals surface area contributed by atoms with Crippen molar-refractivity contribution >= 4 is 28.2 Å². The number of halogens is 1. The molecule has 7 heteroatoms. The van der Waals surface area contributed by atoms with Crippen LogP contribution in [0.2, 0.25) is 0 Å². The van der Waals surface area contributed by atoms with Gasteiger partial charge in [0, 0.05) is 24.5 Å². The molecule has 5 nitrogen and oxygen atoms in total. The van der Waals surface area contributed by atoms with E-state index in [-0.39, 0.29) is 47.8 Å². The van der Waals surface area contributed by atoms with Crippen LogP contribution >= 0.6 is 12.4 Å². The zero-order chi connectivity index (χ0) is 13.3. The molecule has 2 N–H and O–H groups in total. The summed E-state index contributed by atoms with van der Waals surface area (Å²) in [4.78, 5) is 14.2. The standard InChI is InChI=1S/C12H22N2O3S.ClH/c1-2-14(11-5-6-18(16,17)8-11)12(15)9-3-4-10(13)7-9;/h9-11H,2-8,13H2,1H3;1H. The summed E-state index contributed by atoms with van der Waals surface area (Å²) >= 11 is 0. The van der Waals surface area contributed by atoms with Gasteiger partial charge in [-0.2, -0.15) is 0 Å². The minimum atomic E-state index is -2.94. The van der Waals surface area contributed by atoms with Crippen molar-refractivity contribution < 1.29 is 13.2 Å². The van der Waals surface area contributed by atoms with Gasteiger partial charge in [0.1, 0.15) is 0 Å². The summed E-state index contributed by atoms with van der Waals surface area (Å²) in [6.07, 6.45) is 3.07. The molecule has 0 spiro atoms. The van der Waals surface area contributed by atoms with Gasteiger partial charge >= 0.3 is 0 Å². The van der Waals surface area contributed by atoms with Gasteiger partial charge in [-0.05, 0) is 32.6 Å². The molecule has 2 aliphatic rings. The molecule has 0 radical (unpaired) electrons. The predicted octanol–water partition coefficient (Wildman–Crippen LogP) is 0.571. The van der Waals surface area contributed by atoms with Gasteiger partial charge in [0.25, 0.3) is 0 Å². The highest BCUT2D eigenvalue weighted by Crippen LogP contribution is 2.28. The molecular weight excluding hydrogens is 288 g/mol. The van der Waals surface area contributed by atoms with Crippen LogP contribution in [0.5, 0.6) is 0 Å². The lowest BCUT2D eigenvalue weighted by Gasteiger charge is -2.29. The van der Waals surface area contributed by atoms with Crippen molar-refractivity contribution in [2.45, 2.75) is 44.7 Å².